The first kappa shape index (κ1) is 17.2. The van der Waals surface area contributed by atoms with Gasteiger partial charge in [0.25, 0.3) is 5.69 Å². The molecule has 134 valence electrons. The third-order valence-electron chi connectivity index (χ3n) is 3.46. The van der Waals surface area contributed by atoms with E-state index in [1.165, 1.54) is 30.3 Å². The maximum absolute atomic E-state index is 12.0. The lowest BCUT2D eigenvalue weighted by Crippen LogP contribution is -2.19. The molecule has 0 aliphatic carbocycles. The number of benzene rings is 2. The fourth-order valence-electron chi connectivity index (χ4n) is 2.15. The molecule has 0 radical (unpaired) electrons. The lowest BCUT2D eigenvalue weighted by atomic mass is 10.1. The molecule has 1 aliphatic heterocycles. The normalized spacial score (nSPS) is 11.7. The van der Waals surface area contributed by atoms with Crippen molar-refractivity contribution in [1.29, 1.82) is 0 Å². The van der Waals surface area contributed by atoms with E-state index in [2.05, 4.69) is 0 Å². The number of nitrogens with zero attached hydrogens (tertiary/aromatic N) is 1. The Morgan fingerprint density at radius 1 is 1.04 bits per heavy atom. The van der Waals surface area contributed by atoms with Crippen molar-refractivity contribution < 1.29 is 33.5 Å². The highest BCUT2D eigenvalue weighted by atomic mass is 16.7. The minimum atomic E-state index is -0.738. The predicted molar refractivity (Wildman–Crippen MR) is 86.4 cm³/mol. The van der Waals surface area contributed by atoms with Crippen LogP contribution in [0.2, 0.25) is 0 Å². The Morgan fingerprint density at radius 3 is 2.50 bits per heavy atom. The van der Waals surface area contributed by atoms with E-state index in [0.717, 1.165) is 0 Å². The van der Waals surface area contributed by atoms with Crippen LogP contribution in [0.1, 0.15) is 10.4 Å². The molecule has 0 unspecified atom stereocenters. The average molecular weight is 359 g/mol. The maximum Gasteiger partial charge on any atom is 0.344 e. The van der Waals surface area contributed by atoms with Crippen LogP contribution in [0, 0.1) is 10.1 Å². The van der Waals surface area contributed by atoms with E-state index in [0.29, 0.717) is 17.1 Å². The standard InChI is InChI=1S/C17H13NO8/c19-14(11-1-6-15-16(7-11)26-10-25-15)8-24-17(20)9-23-13-4-2-12(3-5-13)18(21)22/h1-7H,8-10H2. The van der Waals surface area contributed by atoms with E-state index >= 15 is 0 Å². The number of Topliss-reactive ketones (excluding diaryl/α,β-unsaturated/α-hetero) is 1. The molecule has 0 saturated heterocycles. The Kier molecular flexibility index (Phi) is 4.97. The van der Waals surface area contributed by atoms with Crippen molar-refractivity contribution in [3.8, 4) is 17.2 Å². The Balaban J connectivity index is 1.46. The molecule has 0 N–H and O–H groups in total. The number of non-ortho nitro benzene ring substituents is 1. The largest absolute Gasteiger partial charge is 0.482 e. The molecule has 0 atom stereocenters. The summed E-state index contributed by atoms with van der Waals surface area (Å²) in [6, 6.07) is 9.91. The Bertz CT molecular complexity index is 846. The van der Waals surface area contributed by atoms with Crippen molar-refractivity contribution in [3.63, 3.8) is 0 Å². The van der Waals surface area contributed by atoms with Gasteiger partial charge in [0.2, 0.25) is 6.79 Å². The molecule has 0 saturated carbocycles. The van der Waals surface area contributed by atoms with Crippen molar-refractivity contribution in [2.24, 2.45) is 0 Å². The highest BCUT2D eigenvalue weighted by Gasteiger charge is 2.17. The smallest absolute Gasteiger partial charge is 0.344 e. The van der Waals surface area contributed by atoms with Gasteiger partial charge >= 0.3 is 5.97 Å². The maximum atomic E-state index is 12.0. The molecule has 0 amide bonds. The van der Waals surface area contributed by atoms with Crippen LogP contribution in [0.3, 0.4) is 0 Å². The van der Waals surface area contributed by atoms with Gasteiger partial charge in [-0.25, -0.2) is 4.79 Å². The van der Waals surface area contributed by atoms with E-state index in [4.69, 9.17) is 18.9 Å². The van der Waals surface area contributed by atoms with Crippen LogP contribution < -0.4 is 14.2 Å². The van der Waals surface area contributed by atoms with Gasteiger partial charge in [-0.3, -0.25) is 14.9 Å². The Labute approximate surface area is 147 Å². The van der Waals surface area contributed by atoms with Gasteiger partial charge in [0, 0.05) is 17.7 Å². The number of fused-ring (bicyclic) bond motifs is 1. The zero-order valence-corrected chi connectivity index (χ0v) is 13.4. The molecule has 1 aliphatic rings. The lowest BCUT2D eigenvalue weighted by molar-refractivity contribution is -0.384. The number of ether oxygens (including phenoxy) is 4. The van der Waals surface area contributed by atoms with Crippen molar-refractivity contribution in [1.82, 2.24) is 0 Å². The molecule has 26 heavy (non-hydrogen) atoms. The highest BCUT2D eigenvalue weighted by Crippen LogP contribution is 2.32. The third-order valence-corrected chi connectivity index (χ3v) is 3.46. The van der Waals surface area contributed by atoms with Gasteiger partial charge in [0.05, 0.1) is 4.92 Å². The number of nitro groups is 1. The van der Waals surface area contributed by atoms with Gasteiger partial charge in [0.15, 0.2) is 30.5 Å². The molecule has 0 fully saturated rings. The van der Waals surface area contributed by atoms with E-state index in [9.17, 15) is 19.7 Å². The quantitative estimate of drug-likeness (QED) is 0.320. The first-order chi connectivity index (χ1) is 12.5. The summed E-state index contributed by atoms with van der Waals surface area (Å²) in [5, 5.41) is 10.6. The third kappa shape index (κ3) is 4.07. The van der Waals surface area contributed by atoms with E-state index in [-0.39, 0.29) is 18.2 Å². The molecule has 9 nitrogen and oxygen atoms in total. The summed E-state index contributed by atoms with van der Waals surface area (Å²) in [6.07, 6.45) is 0. The van der Waals surface area contributed by atoms with Gasteiger partial charge in [-0.1, -0.05) is 0 Å². The summed E-state index contributed by atoms with van der Waals surface area (Å²) in [7, 11) is 0. The number of hydrogen-bond donors (Lipinski definition) is 0. The molecule has 0 spiro atoms. The minimum absolute atomic E-state index is 0.0887. The molecule has 0 aromatic heterocycles. The summed E-state index contributed by atoms with van der Waals surface area (Å²) in [6.45, 7) is -0.768. The van der Waals surface area contributed by atoms with Crippen LogP contribution in [0.15, 0.2) is 42.5 Å². The second-order valence-electron chi connectivity index (χ2n) is 5.19. The summed E-state index contributed by atoms with van der Waals surface area (Å²) < 4.78 is 20.4. The molecule has 3 rings (SSSR count). The van der Waals surface area contributed by atoms with Gasteiger partial charge in [0.1, 0.15) is 5.75 Å². The van der Waals surface area contributed by atoms with Crippen molar-refractivity contribution in [2.45, 2.75) is 0 Å². The van der Waals surface area contributed by atoms with Gasteiger partial charge in [-0.05, 0) is 30.3 Å². The molecular weight excluding hydrogens is 346 g/mol. The van der Waals surface area contributed by atoms with Crippen LogP contribution in [0.4, 0.5) is 5.69 Å². The number of esters is 1. The van der Waals surface area contributed by atoms with Crippen LogP contribution in [-0.2, 0) is 9.53 Å². The fraction of sp³-hybridized carbons (Fsp3) is 0.176. The number of hydrogen-bond acceptors (Lipinski definition) is 8. The van der Waals surface area contributed by atoms with Crippen LogP contribution in [0.25, 0.3) is 0 Å². The van der Waals surface area contributed by atoms with Gasteiger partial charge in [-0.2, -0.15) is 0 Å². The molecule has 0 bridgehead atoms. The van der Waals surface area contributed by atoms with E-state index in [1.54, 1.807) is 12.1 Å². The molecule has 9 heteroatoms. The lowest BCUT2D eigenvalue weighted by Gasteiger charge is -2.07. The molecule has 2 aromatic carbocycles. The predicted octanol–water partition coefficient (Wildman–Crippen LogP) is 2.13. The summed E-state index contributed by atoms with van der Waals surface area (Å²) in [5.41, 5.74) is 0.243. The average Bonchev–Trinajstić information content (AvgIpc) is 3.12. The first-order valence-electron chi connectivity index (χ1n) is 7.48. The van der Waals surface area contributed by atoms with Crippen LogP contribution >= 0.6 is 0 Å². The summed E-state index contributed by atoms with van der Waals surface area (Å²) in [4.78, 5) is 33.7. The minimum Gasteiger partial charge on any atom is -0.482 e. The Morgan fingerprint density at radius 2 is 1.77 bits per heavy atom. The highest BCUT2D eigenvalue weighted by molar-refractivity contribution is 5.98. The molecule has 2 aromatic rings. The number of rotatable bonds is 7. The fourth-order valence-corrected chi connectivity index (χ4v) is 2.15. The molecule has 1 heterocycles. The van der Waals surface area contributed by atoms with Crippen molar-refractivity contribution in [2.75, 3.05) is 20.0 Å². The second kappa shape index (κ2) is 7.51. The number of nitro benzene ring substituents is 1. The number of carbonyl (C=O) groups excluding carboxylic acids is 2. The first-order valence-corrected chi connectivity index (χ1v) is 7.48. The van der Waals surface area contributed by atoms with Crippen molar-refractivity contribution >= 4 is 17.4 Å². The van der Waals surface area contributed by atoms with Crippen LogP contribution in [0.5, 0.6) is 17.2 Å². The zero-order chi connectivity index (χ0) is 18.5. The van der Waals surface area contributed by atoms with E-state index in [1.807, 2.05) is 0 Å². The SMILES string of the molecule is O=C(COc1ccc([N+](=O)[O-])cc1)OCC(=O)c1ccc2c(c1)OCO2. The second-order valence-corrected chi connectivity index (χ2v) is 5.19. The van der Waals surface area contributed by atoms with Gasteiger partial charge < -0.3 is 18.9 Å². The van der Waals surface area contributed by atoms with E-state index < -0.39 is 29.9 Å². The van der Waals surface area contributed by atoms with Crippen LogP contribution in [-0.4, -0.2) is 36.7 Å². The van der Waals surface area contributed by atoms with Crippen molar-refractivity contribution in [3.05, 3.63) is 58.1 Å². The van der Waals surface area contributed by atoms with Gasteiger partial charge in [-0.15, -0.1) is 0 Å². The topological polar surface area (TPSA) is 114 Å². The zero-order valence-electron chi connectivity index (χ0n) is 13.4. The Hall–Kier alpha value is -3.62. The monoisotopic (exact) mass is 359 g/mol. The number of carbonyl (C=O) groups is 2. The number of ketones is 1. The summed E-state index contributed by atoms with van der Waals surface area (Å²) in [5.74, 6) is 0.151. The molecular formula is C17H13NO8. The summed E-state index contributed by atoms with van der Waals surface area (Å²) >= 11 is 0.